The fourth-order valence-corrected chi connectivity index (χ4v) is 3.76. The molecular formula is C22H30FN3O3S. The zero-order valence-corrected chi connectivity index (χ0v) is 18.6. The zero-order chi connectivity index (χ0) is 22.0. The zero-order valence-electron chi connectivity index (χ0n) is 17.7. The number of halogens is 1. The van der Waals surface area contributed by atoms with Crippen LogP contribution >= 0.6 is 0 Å². The van der Waals surface area contributed by atoms with Crippen LogP contribution in [0.1, 0.15) is 30.0 Å². The van der Waals surface area contributed by atoms with Crippen molar-refractivity contribution in [2.75, 3.05) is 26.5 Å². The summed E-state index contributed by atoms with van der Waals surface area (Å²) < 4.78 is 42.6. The molecule has 0 fully saturated rings. The van der Waals surface area contributed by atoms with Crippen molar-refractivity contribution in [2.45, 2.75) is 32.1 Å². The van der Waals surface area contributed by atoms with Gasteiger partial charge >= 0.3 is 0 Å². The van der Waals surface area contributed by atoms with E-state index in [-0.39, 0.29) is 12.3 Å². The molecular weight excluding hydrogens is 405 g/mol. The van der Waals surface area contributed by atoms with Crippen molar-refractivity contribution in [3.05, 3.63) is 65.0 Å². The van der Waals surface area contributed by atoms with Gasteiger partial charge in [-0.05, 0) is 53.8 Å². The Morgan fingerprint density at radius 2 is 1.93 bits per heavy atom. The van der Waals surface area contributed by atoms with Crippen molar-refractivity contribution in [1.82, 2.24) is 10.6 Å². The summed E-state index contributed by atoms with van der Waals surface area (Å²) in [4.78, 5) is 4.18. The number of benzene rings is 2. The number of sulfone groups is 1. The van der Waals surface area contributed by atoms with Crippen LogP contribution in [0.3, 0.4) is 0 Å². The highest BCUT2D eigenvalue weighted by atomic mass is 32.2. The molecule has 0 aliphatic rings. The van der Waals surface area contributed by atoms with Crippen LogP contribution in [0.4, 0.5) is 4.39 Å². The van der Waals surface area contributed by atoms with E-state index < -0.39 is 15.7 Å². The molecule has 0 saturated carbocycles. The summed E-state index contributed by atoms with van der Waals surface area (Å²) in [7, 11) is -1.57. The van der Waals surface area contributed by atoms with Gasteiger partial charge in [-0.2, -0.15) is 0 Å². The van der Waals surface area contributed by atoms with Gasteiger partial charge in [-0.15, -0.1) is 0 Å². The molecule has 0 unspecified atom stereocenters. The Balaban J connectivity index is 1.91. The van der Waals surface area contributed by atoms with Crippen LogP contribution in [0, 0.1) is 5.82 Å². The van der Waals surface area contributed by atoms with Gasteiger partial charge in [0, 0.05) is 26.4 Å². The van der Waals surface area contributed by atoms with E-state index in [0.717, 1.165) is 30.4 Å². The number of hydrogen-bond donors (Lipinski definition) is 2. The first kappa shape index (κ1) is 23.7. The van der Waals surface area contributed by atoms with Gasteiger partial charge in [0.2, 0.25) is 0 Å². The molecule has 6 nitrogen and oxygen atoms in total. The standard InChI is InChI=1S/C22H30FN3O3S/c1-4-12-29-21-7-5-6-17(13-21)10-11-25-22(24-2)26-15-19-14-20(23)9-8-18(19)16-30(3,27)28/h5-9,13-14H,4,10-12,15-16H2,1-3H3,(H2,24,25,26). The molecule has 8 heteroatoms. The first-order chi connectivity index (χ1) is 14.3. The van der Waals surface area contributed by atoms with Crippen LogP contribution in [-0.2, 0) is 28.6 Å². The largest absolute Gasteiger partial charge is 0.494 e. The minimum atomic E-state index is -3.22. The molecule has 164 valence electrons. The molecule has 0 spiro atoms. The Kier molecular flexibility index (Phi) is 9.11. The van der Waals surface area contributed by atoms with Crippen LogP contribution in [0.5, 0.6) is 5.75 Å². The summed E-state index contributed by atoms with van der Waals surface area (Å²) in [5.41, 5.74) is 2.31. The monoisotopic (exact) mass is 435 g/mol. The van der Waals surface area contributed by atoms with E-state index >= 15 is 0 Å². The van der Waals surface area contributed by atoms with Gasteiger partial charge in [0.25, 0.3) is 0 Å². The lowest BCUT2D eigenvalue weighted by atomic mass is 10.1. The summed E-state index contributed by atoms with van der Waals surface area (Å²) in [5, 5.41) is 6.34. The molecule has 0 heterocycles. The quantitative estimate of drug-likeness (QED) is 0.443. The number of nitrogens with zero attached hydrogens (tertiary/aromatic N) is 1. The van der Waals surface area contributed by atoms with E-state index in [2.05, 4.69) is 22.5 Å². The van der Waals surface area contributed by atoms with E-state index in [1.165, 1.54) is 18.2 Å². The van der Waals surface area contributed by atoms with E-state index in [0.29, 0.717) is 30.2 Å². The molecule has 2 rings (SSSR count). The highest BCUT2D eigenvalue weighted by molar-refractivity contribution is 7.89. The van der Waals surface area contributed by atoms with Crippen LogP contribution < -0.4 is 15.4 Å². The van der Waals surface area contributed by atoms with Crippen molar-refractivity contribution in [1.29, 1.82) is 0 Å². The number of hydrogen-bond acceptors (Lipinski definition) is 4. The highest BCUT2D eigenvalue weighted by Gasteiger charge is 2.11. The lowest BCUT2D eigenvalue weighted by Crippen LogP contribution is -2.38. The van der Waals surface area contributed by atoms with Gasteiger partial charge in [-0.1, -0.05) is 25.1 Å². The average molecular weight is 436 g/mol. The Morgan fingerprint density at radius 1 is 1.13 bits per heavy atom. The third-order valence-electron chi connectivity index (χ3n) is 4.33. The molecule has 2 N–H and O–H groups in total. The molecule has 30 heavy (non-hydrogen) atoms. The summed E-state index contributed by atoms with van der Waals surface area (Å²) in [6.07, 6.45) is 2.91. The average Bonchev–Trinajstić information content (AvgIpc) is 2.70. The first-order valence-corrected chi connectivity index (χ1v) is 12.0. The maximum absolute atomic E-state index is 13.7. The van der Waals surface area contributed by atoms with Gasteiger partial charge in [0.1, 0.15) is 11.6 Å². The Morgan fingerprint density at radius 3 is 2.63 bits per heavy atom. The number of guanidine groups is 1. The van der Waals surface area contributed by atoms with Crippen molar-refractivity contribution in [3.8, 4) is 5.75 Å². The molecule has 0 aromatic heterocycles. The first-order valence-electron chi connectivity index (χ1n) is 9.92. The van der Waals surface area contributed by atoms with Crippen molar-refractivity contribution in [2.24, 2.45) is 4.99 Å². The van der Waals surface area contributed by atoms with Gasteiger partial charge < -0.3 is 15.4 Å². The molecule has 0 amide bonds. The Labute approximate surface area is 178 Å². The molecule has 0 saturated heterocycles. The summed E-state index contributed by atoms with van der Waals surface area (Å²) >= 11 is 0. The fraction of sp³-hybridized carbons (Fsp3) is 0.409. The smallest absolute Gasteiger partial charge is 0.191 e. The predicted molar refractivity (Wildman–Crippen MR) is 119 cm³/mol. The topological polar surface area (TPSA) is 79.8 Å². The number of aliphatic imine (C=N–C) groups is 1. The van der Waals surface area contributed by atoms with E-state index in [1.54, 1.807) is 7.05 Å². The second-order valence-corrected chi connectivity index (χ2v) is 9.22. The lowest BCUT2D eigenvalue weighted by molar-refractivity contribution is 0.317. The lowest BCUT2D eigenvalue weighted by Gasteiger charge is -2.14. The minimum absolute atomic E-state index is 0.132. The Hall–Kier alpha value is -2.61. The van der Waals surface area contributed by atoms with Gasteiger partial charge in [0.15, 0.2) is 15.8 Å². The third-order valence-corrected chi connectivity index (χ3v) is 5.17. The second kappa shape index (κ2) is 11.5. The normalized spacial score (nSPS) is 11.9. The van der Waals surface area contributed by atoms with Crippen LogP contribution in [0.2, 0.25) is 0 Å². The SMILES string of the molecule is CCCOc1cccc(CCNC(=NC)NCc2cc(F)ccc2CS(C)(=O)=O)c1. The van der Waals surface area contributed by atoms with Crippen LogP contribution in [0.25, 0.3) is 0 Å². The second-order valence-electron chi connectivity index (χ2n) is 7.08. The maximum atomic E-state index is 13.7. The highest BCUT2D eigenvalue weighted by Crippen LogP contribution is 2.15. The van der Waals surface area contributed by atoms with Crippen molar-refractivity contribution in [3.63, 3.8) is 0 Å². The molecule has 0 atom stereocenters. The number of rotatable bonds is 10. The number of ether oxygens (including phenoxy) is 1. The molecule has 0 radical (unpaired) electrons. The predicted octanol–water partition coefficient (Wildman–Crippen LogP) is 3.07. The van der Waals surface area contributed by atoms with Gasteiger partial charge in [-0.3, -0.25) is 4.99 Å². The Bertz CT molecular complexity index is 962. The summed E-state index contributed by atoms with van der Waals surface area (Å²) in [5.74, 6) is 0.883. The van der Waals surface area contributed by atoms with Gasteiger partial charge in [0.05, 0.1) is 12.4 Å². The van der Waals surface area contributed by atoms with E-state index in [4.69, 9.17) is 4.74 Å². The third kappa shape index (κ3) is 8.41. The fourth-order valence-electron chi connectivity index (χ4n) is 2.92. The molecule has 2 aromatic carbocycles. The van der Waals surface area contributed by atoms with Crippen LogP contribution in [-0.4, -0.2) is 40.8 Å². The minimum Gasteiger partial charge on any atom is -0.494 e. The van der Waals surface area contributed by atoms with Crippen molar-refractivity contribution < 1.29 is 17.5 Å². The maximum Gasteiger partial charge on any atom is 0.191 e. The van der Waals surface area contributed by atoms with E-state index in [1.807, 2.05) is 24.3 Å². The molecule has 2 aromatic rings. The van der Waals surface area contributed by atoms with E-state index in [9.17, 15) is 12.8 Å². The molecule has 0 bridgehead atoms. The van der Waals surface area contributed by atoms with Gasteiger partial charge in [-0.25, -0.2) is 12.8 Å². The number of nitrogens with one attached hydrogen (secondary N) is 2. The molecule has 0 aliphatic carbocycles. The van der Waals surface area contributed by atoms with Crippen molar-refractivity contribution >= 4 is 15.8 Å². The molecule has 0 aliphatic heterocycles. The van der Waals surface area contributed by atoms with Crippen LogP contribution in [0.15, 0.2) is 47.5 Å². The summed E-state index contributed by atoms with van der Waals surface area (Å²) in [6, 6.07) is 12.1. The summed E-state index contributed by atoms with van der Waals surface area (Å²) in [6.45, 7) is 3.68.